The van der Waals surface area contributed by atoms with Crippen LogP contribution in [0.5, 0.6) is 0 Å². The lowest BCUT2D eigenvalue weighted by molar-refractivity contribution is 0.520. The lowest BCUT2D eigenvalue weighted by atomic mass is 10.1. The summed E-state index contributed by atoms with van der Waals surface area (Å²) in [7, 11) is -0.217. The molecule has 108 valence electrons. The topological polar surface area (TPSA) is 49.4 Å². The summed E-state index contributed by atoms with van der Waals surface area (Å²) in [6.07, 6.45) is 3.19. The van der Waals surface area contributed by atoms with Crippen LogP contribution in [0, 0.1) is 0 Å². The Morgan fingerprint density at radius 1 is 1.11 bits per heavy atom. The van der Waals surface area contributed by atoms with Crippen LogP contribution in [0.3, 0.4) is 0 Å². The average molecular weight is 284 g/mol. The van der Waals surface area contributed by atoms with E-state index in [-0.39, 0.29) is 0 Å². The third-order valence-electron chi connectivity index (χ3n) is 2.95. The summed E-state index contributed by atoms with van der Waals surface area (Å²) in [5.41, 5.74) is 1.18. The van der Waals surface area contributed by atoms with Crippen molar-refractivity contribution in [3.8, 4) is 0 Å². The van der Waals surface area contributed by atoms with E-state index >= 15 is 0 Å². The number of benzene rings is 1. The Balaban J connectivity index is 2.53. The maximum atomic E-state index is 11.9. The lowest BCUT2D eigenvalue weighted by Crippen LogP contribution is -2.22. The van der Waals surface area contributed by atoms with Gasteiger partial charge in [0.25, 0.3) is 0 Å². The van der Waals surface area contributed by atoms with Crippen molar-refractivity contribution in [3.63, 3.8) is 0 Å². The van der Waals surface area contributed by atoms with Gasteiger partial charge in [0.2, 0.25) is 10.0 Å². The Bertz CT molecular complexity index is 467. The van der Waals surface area contributed by atoms with E-state index in [0.29, 0.717) is 4.90 Å². The predicted octanol–water partition coefficient (Wildman–Crippen LogP) is 1.87. The Morgan fingerprint density at radius 3 is 2.26 bits per heavy atom. The fraction of sp³-hybridized carbons (Fsp3) is 0.571. The Kier molecular flexibility index (Phi) is 6.48. The molecule has 0 aliphatic rings. The molecule has 0 aliphatic heterocycles. The molecule has 0 spiro atoms. The van der Waals surface area contributed by atoms with Crippen LogP contribution in [0.4, 0.5) is 0 Å². The summed E-state index contributed by atoms with van der Waals surface area (Å²) >= 11 is 0. The molecule has 0 amide bonds. The quantitative estimate of drug-likeness (QED) is 0.741. The van der Waals surface area contributed by atoms with Crippen LogP contribution >= 0.6 is 0 Å². The Labute approximate surface area is 116 Å². The van der Waals surface area contributed by atoms with Crippen molar-refractivity contribution in [3.05, 3.63) is 29.8 Å². The van der Waals surface area contributed by atoms with E-state index in [1.807, 2.05) is 12.1 Å². The first-order valence-electron chi connectivity index (χ1n) is 6.70. The summed E-state index contributed by atoms with van der Waals surface area (Å²) in [5, 5.41) is 3.35. The molecule has 0 heterocycles. The molecule has 1 N–H and O–H groups in total. The molecule has 4 nitrogen and oxygen atoms in total. The summed E-state index contributed by atoms with van der Waals surface area (Å²) in [4.78, 5) is 0.352. The zero-order chi connectivity index (χ0) is 14.3. The second kappa shape index (κ2) is 7.62. The highest BCUT2D eigenvalue weighted by molar-refractivity contribution is 7.89. The lowest BCUT2D eigenvalue weighted by Gasteiger charge is -2.11. The van der Waals surface area contributed by atoms with E-state index in [1.165, 1.54) is 9.87 Å². The molecule has 1 rings (SSSR count). The van der Waals surface area contributed by atoms with Gasteiger partial charge in [-0.1, -0.05) is 19.1 Å². The van der Waals surface area contributed by atoms with Crippen molar-refractivity contribution in [1.82, 2.24) is 9.62 Å². The minimum absolute atomic E-state index is 0.352. The molecule has 0 aliphatic carbocycles. The summed E-state index contributed by atoms with van der Waals surface area (Å²) in [5.74, 6) is 0. The zero-order valence-corrected chi connectivity index (χ0v) is 12.8. The molecule has 0 saturated carbocycles. The molecule has 1 aromatic rings. The van der Waals surface area contributed by atoms with Gasteiger partial charge in [0.15, 0.2) is 0 Å². The highest BCUT2D eigenvalue weighted by atomic mass is 32.2. The number of sulfonamides is 1. The van der Waals surface area contributed by atoms with Gasteiger partial charge < -0.3 is 5.32 Å². The Morgan fingerprint density at radius 2 is 1.74 bits per heavy atom. The van der Waals surface area contributed by atoms with Crippen molar-refractivity contribution in [2.75, 3.05) is 27.2 Å². The first-order chi connectivity index (χ1) is 8.98. The zero-order valence-electron chi connectivity index (χ0n) is 12.0. The second-order valence-electron chi connectivity index (χ2n) is 4.78. The summed E-state index contributed by atoms with van der Waals surface area (Å²) in [6, 6.07) is 7.17. The molecular formula is C14H24N2O2S. The summed E-state index contributed by atoms with van der Waals surface area (Å²) < 4.78 is 25.0. The normalized spacial score (nSPS) is 12.0. The molecule has 0 radical (unpaired) electrons. The van der Waals surface area contributed by atoms with Crippen LogP contribution in [-0.2, 0) is 16.4 Å². The minimum atomic E-state index is -3.31. The SMILES string of the molecule is CCCNCCCc1ccc(S(=O)(=O)N(C)C)cc1. The smallest absolute Gasteiger partial charge is 0.242 e. The highest BCUT2D eigenvalue weighted by Gasteiger charge is 2.16. The van der Waals surface area contributed by atoms with Gasteiger partial charge >= 0.3 is 0 Å². The van der Waals surface area contributed by atoms with Gasteiger partial charge in [-0.05, 0) is 50.0 Å². The number of rotatable bonds is 8. The van der Waals surface area contributed by atoms with Crippen LogP contribution < -0.4 is 5.32 Å². The first kappa shape index (κ1) is 16.1. The van der Waals surface area contributed by atoms with E-state index in [4.69, 9.17) is 0 Å². The monoisotopic (exact) mass is 284 g/mol. The van der Waals surface area contributed by atoms with E-state index in [0.717, 1.165) is 32.4 Å². The van der Waals surface area contributed by atoms with Crippen LogP contribution in [0.15, 0.2) is 29.2 Å². The number of nitrogens with zero attached hydrogens (tertiary/aromatic N) is 1. The first-order valence-corrected chi connectivity index (χ1v) is 8.14. The van der Waals surface area contributed by atoms with Gasteiger partial charge in [-0.2, -0.15) is 0 Å². The van der Waals surface area contributed by atoms with Crippen LogP contribution in [0.25, 0.3) is 0 Å². The summed E-state index contributed by atoms with van der Waals surface area (Å²) in [6.45, 7) is 4.21. The van der Waals surface area contributed by atoms with Gasteiger partial charge in [-0.25, -0.2) is 12.7 Å². The maximum absolute atomic E-state index is 11.9. The Hall–Kier alpha value is -0.910. The van der Waals surface area contributed by atoms with Crippen molar-refractivity contribution >= 4 is 10.0 Å². The molecule has 0 fully saturated rings. The van der Waals surface area contributed by atoms with Crippen LogP contribution in [-0.4, -0.2) is 39.9 Å². The number of aryl methyl sites for hydroxylation is 1. The highest BCUT2D eigenvalue weighted by Crippen LogP contribution is 2.14. The third kappa shape index (κ3) is 4.93. The second-order valence-corrected chi connectivity index (χ2v) is 6.94. The van der Waals surface area contributed by atoms with E-state index in [2.05, 4.69) is 12.2 Å². The van der Waals surface area contributed by atoms with Gasteiger partial charge in [0, 0.05) is 14.1 Å². The van der Waals surface area contributed by atoms with E-state index in [1.54, 1.807) is 26.2 Å². The molecule has 0 saturated heterocycles. The fourth-order valence-electron chi connectivity index (χ4n) is 1.76. The van der Waals surface area contributed by atoms with Crippen molar-refractivity contribution in [2.24, 2.45) is 0 Å². The van der Waals surface area contributed by atoms with Gasteiger partial charge in [0.05, 0.1) is 4.90 Å². The molecule has 0 unspecified atom stereocenters. The number of hydrogen-bond acceptors (Lipinski definition) is 3. The number of nitrogens with one attached hydrogen (secondary N) is 1. The van der Waals surface area contributed by atoms with Gasteiger partial charge in [0.1, 0.15) is 0 Å². The van der Waals surface area contributed by atoms with E-state index in [9.17, 15) is 8.42 Å². The molecule has 0 bridgehead atoms. The molecule has 1 aromatic carbocycles. The fourth-order valence-corrected chi connectivity index (χ4v) is 2.66. The van der Waals surface area contributed by atoms with Crippen LogP contribution in [0.1, 0.15) is 25.3 Å². The van der Waals surface area contributed by atoms with Crippen molar-refractivity contribution in [1.29, 1.82) is 0 Å². The van der Waals surface area contributed by atoms with Crippen LogP contribution in [0.2, 0.25) is 0 Å². The van der Waals surface area contributed by atoms with Gasteiger partial charge in [-0.3, -0.25) is 0 Å². The van der Waals surface area contributed by atoms with Crippen molar-refractivity contribution in [2.45, 2.75) is 31.1 Å². The average Bonchev–Trinajstić information content (AvgIpc) is 2.39. The maximum Gasteiger partial charge on any atom is 0.242 e. The number of hydrogen-bond donors (Lipinski definition) is 1. The minimum Gasteiger partial charge on any atom is -0.317 e. The largest absolute Gasteiger partial charge is 0.317 e. The van der Waals surface area contributed by atoms with E-state index < -0.39 is 10.0 Å². The van der Waals surface area contributed by atoms with Crippen molar-refractivity contribution < 1.29 is 8.42 Å². The molecule has 0 aromatic heterocycles. The molecule has 0 atom stereocenters. The molecule has 19 heavy (non-hydrogen) atoms. The van der Waals surface area contributed by atoms with Gasteiger partial charge in [-0.15, -0.1) is 0 Å². The standard InChI is InChI=1S/C14H24N2O2S/c1-4-11-15-12-5-6-13-7-9-14(10-8-13)19(17,18)16(2)3/h7-10,15H,4-6,11-12H2,1-3H3. The third-order valence-corrected chi connectivity index (χ3v) is 4.78. The molecular weight excluding hydrogens is 260 g/mol. The molecule has 5 heteroatoms. The predicted molar refractivity (Wildman–Crippen MR) is 78.8 cm³/mol.